The number of aliphatic hydroxyl groups is 2. The van der Waals surface area contributed by atoms with Crippen LogP contribution in [-0.4, -0.2) is 69.7 Å². The molecule has 2 aromatic carbocycles. The minimum atomic E-state index is -1.65. The average molecular weight is 488 g/mol. The van der Waals surface area contributed by atoms with Gasteiger partial charge < -0.3 is 20.8 Å². The largest absolute Gasteiger partial charge is 0.393 e. The molecule has 4 N–H and O–H groups in total. The minimum Gasteiger partial charge on any atom is -0.393 e. The van der Waals surface area contributed by atoms with E-state index in [-0.39, 0.29) is 30.7 Å². The number of halogens is 2. The molecule has 2 aliphatic rings. The molecule has 0 saturated carbocycles. The fraction of sp³-hybridized carbons (Fsp3) is 0.462. The van der Waals surface area contributed by atoms with Crippen molar-refractivity contribution in [3.63, 3.8) is 0 Å². The van der Waals surface area contributed by atoms with E-state index in [0.717, 1.165) is 43.4 Å². The Bertz CT molecular complexity index is 1050. The Morgan fingerprint density at radius 3 is 2.31 bits per heavy atom. The van der Waals surface area contributed by atoms with Crippen LogP contribution in [0.3, 0.4) is 0 Å². The highest BCUT2D eigenvalue weighted by Crippen LogP contribution is 2.43. The number of aliphatic hydroxyl groups excluding tert-OH is 2. The predicted octanol–water partition coefficient (Wildman–Crippen LogP) is 2.16. The monoisotopic (exact) mass is 487 g/mol. The Morgan fingerprint density at radius 1 is 1.09 bits per heavy atom. The van der Waals surface area contributed by atoms with Crippen molar-refractivity contribution in [3.05, 3.63) is 70.8 Å². The number of hydrogen-bond donors (Lipinski definition) is 3. The number of carbonyl (C=O) groups is 2. The van der Waals surface area contributed by atoms with E-state index in [1.54, 1.807) is 6.07 Å². The van der Waals surface area contributed by atoms with Gasteiger partial charge in [0.2, 0.25) is 5.91 Å². The number of nitrogens with zero attached hydrogens (tertiary/aromatic N) is 2. The second-order valence-corrected chi connectivity index (χ2v) is 9.44. The van der Waals surface area contributed by atoms with Crippen molar-refractivity contribution < 1.29 is 28.6 Å². The molecular formula is C26H31F2N3O4. The number of piperidine rings is 1. The first-order valence-corrected chi connectivity index (χ1v) is 11.9. The molecule has 3 atom stereocenters. The van der Waals surface area contributed by atoms with Gasteiger partial charge in [0.05, 0.1) is 13.2 Å². The van der Waals surface area contributed by atoms with Gasteiger partial charge in [0.15, 0.2) is 6.10 Å². The first-order chi connectivity index (χ1) is 16.8. The molecule has 9 heteroatoms. The van der Waals surface area contributed by atoms with Gasteiger partial charge in [0, 0.05) is 36.3 Å². The van der Waals surface area contributed by atoms with E-state index in [9.17, 15) is 28.6 Å². The zero-order valence-corrected chi connectivity index (χ0v) is 19.4. The summed E-state index contributed by atoms with van der Waals surface area (Å²) in [6, 6.07) is 11.5. The van der Waals surface area contributed by atoms with Crippen molar-refractivity contribution in [1.82, 2.24) is 9.80 Å². The topological polar surface area (TPSA) is 107 Å². The third-order valence-electron chi connectivity index (χ3n) is 7.34. The molecule has 0 aliphatic carbocycles. The van der Waals surface area contributed by atoms with Crippen molar-refractivity contribution in [2.75, 3.05) is 19.7 Å². The third-order valence-corrected chi connectivity index (χ3v) is 7.34. The number of nitrogens with two attached hydrogens (primary N) is 1. The lowest BCUT2D eigenvalue weighted by Gasteiger charge is -2.40. The summed E-state index contributed by atoms with van der Waals surface area (Å²) in [7, 11) is 0. The summed E-state index contributed by atoms with van der Waals surface area (Å²) in [5.74, 6) is -2.45. The molecule has 2 heterocycles. The van der Waals surface area contributed by atoms with Gasteiger partial charge in [0.25, 0.3) is 5.91 Å². The molecule has 2 bridgehead atoms. The molecule has 2 amide bonds. The highest BCUT2D eigenvalue weighted by molar-refractivity contribution is 5.92. The van der Waals surface area contributed by atoms with Gasteiger partial charge in [-0.1, -0.05) is 18.2 Å². The summed E-state index contributed by atoms with van der Waals surface area (Å²) in [6.45, 7) is -0.446. The van der Waals surface area contributed by atoms with Gasteiger partial charge in [-0.2, -0.15) is 0 Å². The normalized spacial score (nSPS) is 22.7. The Balaban J connectivity index is 1.45. The average Bonchev–Trinajstić information content (AvgIpc) is 3.08. The maximum atomic E-state index is 14.2. The SMILES string of the molecule is NC(=O)c1cccc(C2CC3CCC(C2)N3CCN(Cc2c(F)cccc2F)C(=O)[C@@H](O)CO)c1. The first kappa shape index (κ1) is 25.2. The van der Waals surface area contributed by atoms with E-state index in [1.807, 2.05) is 18.2 Å². The molecule has 2 fully saturated rings. The van der Waals surface area contributed by atoms with Crippen LogP contribution in [-0.2, 0) is 11.3 Å². The van der Waals surface area contributed by atoms with Gasteiger partial charge in [-0.3, -0.25) is 14.5 Å². The fourth-order valence-electron chi connectivity index (χ4n) is 5.52. The smallest absolute Gasteiger partial charge is 0.254 e. The molecule has 35 heavy (non-hydrogen) atoms. The summed E-state index contributed by atoms with van der Waals surface area (Å²) in [4.78, 5) is 27.8. The van der Waals surface area contributed by atoms with Crippen LogP contribution in [0.5, 0.6) is 0 Å². The third kappa shape index (κ3) is 5.52. The number of carbonyl (C=O) groups excluding carboxylic acids is 2. The zero-order valence-electron chi connectivity index (χ0n) is 19.4. The Morgan fingerprint density at radius 2 is 1.71 bits per heavy atom. The van der Waals surface area contributed by atoms with Gasteiger partial charge in [-0.15, -0.1) is 0 Å². The Labute approximate surface area is 203 Å². The zero-order chi connectivity index (χ0) is 25.1. The summed E-state index contributed by atoms with van der Waals surface area (Å²) in [5.41, 5.74) is 6.78. The number of hydrogen-bond acceptors (Lipinski definition) is 5. The molecule has 2 aliphatic heterocycles. The number of fused-ring (bicyclic) bond motifs is 2. The summed E-state index contributed by atoms with van der Waals surface area (Å²) in [5, 5.41) is 19.2. The Hall–Kier alpha value is -2.88. The van der Waals surface area contributed by atoms with Crippen LogP contribution in [0, 0.1) is 11.6 Å². The van der Waals surface area contributed by atoms with Gasteiger partial charge >= 0.3 is 0 Å². The quantitative estimate of drug-likeness (QED) is 0.503. The molecule has 4 rings (SSSR count). The molecular weight excluding hydrogens is 456 g/mol. The van der Waals surface area contributed by atoms with E-state index in [1.165, 1.54) is 11.0 Å². The lowest BCUT2D eigenvalue weighted by Crippen LogP contribution is -2.48. The number of benzene rings is 2. The van der Waals surface area contributed by atoms with Gasteiger partial charge in [-0.25, -0.2) is 8.78 Å². The van der Waals surface area contributed by atoms with Crippen molar-refractivity contribution in [1.29, 1.82) is 0 Å². The lowest BCUT2D eigenvalue weighted by atomic mass is 9.84. The molecule has 0 radical (unpaired) electrons. The van der Waals surface area contributed by atoms with E-state index in [4.69, 9.17) is 5.73 Å². The highest BCUT2D eigenvalue weighted by Gasteiger charge is 2.41. The highest BCUT2D eigenvalue weighted by atomic mass is 19.1. The van der Waals surface area contributed by atoms with Crippen LogP contribution in [0.1, 0.15) is 53.1 Å². The van der Waals surface area contributed by atoms with Crippen molar-refractivity contribution in [2.45, 2.75) is 56.3 Å². The Kier molecular flexibility index (Phi) is 7.78. The van der Waals surface area contributed by atoms with E-state index in [2.05, 4.69) is 4.90 Å². The maximum Gasteiger partial charge on any atom is 0.254 e. The van der Waals surface area contributed by atoms with Crippen molar-refractivity contribution >= 4 is 11.8 Å². The lowest BCUT2D eigenvalue weighted by molar-refractivity contribution is -0.143. The van der Waals surface area contributed by atoms with Crippen LogP contribution >= 0.6 is 0 Å². The second kappa shape index (κ2) is 10.8. The predicted molar refractivity (Wildman–Crippen MR) is 125 cm³/mol. The summed E-state index contributed by atoms with van der Waals surface area (Å²) < 4.78 is 28.5. The van der Waals surface area contributed by atoms with E-state index >= 15 is 0 Å². The molecule has 2 saturated heterocycles. The minimum absolute atomic E-state index is 0.165. The fourth-order valence-corrected chi connectivity index (χ4v) is 5.52. The van der Waals surface area contributed by atoms with Crippen LogP contribution in [0.25, 0.3) is 0 Å². The van der Waals surface area contributed by atoms with Crippen LogP contribution < -0.4 is 5.73 Å². The van der Waals surface area contributed by atoms with Gasteiger partial charge in [-0.05, 0) is 61.4 Å². The van der Waals surface area contributed by atoms with Crippen LogP contribution in [0.15, 0.2) is 42.5 Å². The number of primary amides is 1. The second-order valence-electron chi connectivity index (χ2n) is 9.44. The molecule has 0 spiro atoms. The van der Waals surface area contributed by atoms with E-state index < -0.39 is 36.2 Å². The van der Waals surface area contributed by atoms with Gasteiger partial charge in [0.1, 0.15) is 11.6 Å². The molecule has 0 aromatic heterocycles. The standard InChI is InChI=1S/C26H31F2N3O4/c27-22-5-2-6-23(28)21(22)14-30(26(35)24(33)15-32)9-10-31-19-7-8-20(31)13-18(12-19)16-3-1-4-17(11-16)25(29)34/h1-6,11,18-20,24,32-33H,7-10,12-15H2,(H2,29,34)/t18?,19?,20?,24-/m0/s1. The van der Waals surface area contributed by atoms with Crippen LogP contribution in [0.2, 0.25) is 0 Å². The molecule has 2 aromatic rings. The van der Waals surface area contributed by atoms with Crippen molar-refractivity contribution in [2.24, 2.45) is 5.73 Å². The molecule has 2 unspecified atom stereocenters. The maximum absolute atomic E-state index is 14.2. The van der Waals surface area contributed by atoms with Crippen LogP contribution in [0.4, 0.5) is 8.78 Å². The number of amides is 2. The molecule has 7 nitrogen and oxygen atoms in total. The molecule has 188 valence electrons. The van der Waals surface area contributed by atoms with E-state index in [0.29, 0.717) is 18.0 Å². The number of rotatable bonds is 9. The summed E-state index contributed by atoms with van der Waals surface area (Å²) >= 11 is 0. The summed E-state index contributed by atoms with van der Waals surface area (Å²) in [6.07, 6.45) is 2.16. The first-order valence-electron chi connectivity index (χ1n) is 11.9. The van der Waals surface area contributed by atoms with Crippen molar-refractivity contribution in [3.8, 4) is 0 Å².